The molecule has 5 nitrogen and oxygen atoms in total. The zero-order chi connectivity index (χ0) is 24.5. The number of thiocarbonyl (C=S) groups is 1. The number of rotatable bonds is 12. The standard InChI is InChI=1S/C27H31NO4S2/c1-5-14-28-26(29)25(34-27(28)33)18-20-8-13-23(24(17-20)30-7-3)32-16-15-31-22-11-9-21(10-12-22)19(4)6-2/h5,8-13,17-19H,1,6-7,14-16H2,2-4H3/b25-18-. The highest BCUT2D eigenvalue weighted by Gasteiger charge is 2.31. The van der Waals surface area contributed by atoms with Crippen molar-refractivity contribution in [3.63, 3.8) is 0 Å². The molecule has 34 heavy (non-hydrogen) atoms. The zero-order valence-corrected chi connectivity index (χ0v) is 21.5. The van der Waals surface area contributed by atoms with Crippen LogP contribution in [0.2, 0.25) is 0 Å². The van der Waals surface area contributed by atoms with Crippen LogP contribution in [0.4, 0.5) is 0 Å². The fraction of sp³-hybridized carbons (Fsp3) is 0.333. The van der Waals surface area contributed by atoms with Gasteiger partial charge >= 0.3 is 0 Å². The lowest BCUT2D eigenvalue weighted by molar-refractivity contribution is -0.121. The van der Waals surface area contributed by atoms with Crippen molar-refractivity contribution >= 4 is 40.3 Å². The van der Waals surface area contributed by atoms with Crippen LogP contribution in [0.1, 0.15) is 44.2 Å². The molecule has 0 saturated carbocycles. The van der Waals surface area contributed by atoms with E-state index < -0.39 is 0 Å². The molecule has 7 heteroatoms. The maximum absolute atomic E-state index is 12.6. The third kappa shape index (κ3) is 6.64. The van der Waals surface area contributed by atoms with E-state index in [0.717, 1.165) is 17.7 Å². The van der Waals surface area contributed by atoms with Crippen molar-refractivity contribution in [1.82, 2.24) is 4.90 Å². The van der Waals surface area contributed by atoms with E-state index in [0.29, 0.717) is 53.0 Å². The molecule has 0 aromatic heterocycles. The molecule has 1 fully saturated rings. The molecular formula is C27H31NO4S2. The monoisotopic (exact) mass is 497 g/mol. The molecule has 3 rings (SSSR count). The SMILES string of the molecule is C=CCN1C(=O)/C(=C/c2ccc(OCCOc3ccc(C(C)CC)cc3)c(OCC)c2)SC1=S. The van der Waals surface area contributed by atoms with Gasteiger partial charge in [-0.1, -0.05) is 62.1 Å². The van der Waals surface area contributed by atoms with E-state index in [1.165, 1.54) is 22.2 Å². The second-order valence-corrected chi connectivity index (χ2v) is 9.47. The van der Waals surface area contributed by atoms with Crippen LogP contribution in [0, 0.1) is 0 Å². The van der Waals surface area contributed by atoms with Crippen LogP contribution in [0.3, 0.4) is 0 Å². The van der Waals surface area contributed by atoms with E-state index in [9.17, 15) is 4.79 Å². The Morgan fingerprint density at radius 3 is 2.47 bits per heavy atom. The average Bonchev–Trinajstić information content (AvgIpc) is 3.10. The van der Waals surface area contributed by atoms with Gasteiger partial charge in [0.15, 0.2) is 11.5 Å². The van der Waals surface area contributed by atoms with E-state index in [2.05, 4.69) is 32.6 Å². The summed E-state index contributed by atoms with van der Waals surface area (Å²) in [5.41, 5.74) is 2.16. The van der Waals surface area contributed by atoms with Gasteiger partial charge in [-0.15, -0.1) is 6.58 Å². The number of hydrogen-bond acceptors (Lipinski definition) is 6. The molecule has 0 bridgehead atoms. The largest absolute Gasteiger partial charge is 0.490 e. The van der Waals surface area contributed by atoms with E-state index in [-0.39, 0.29) is 5.91 Å². The normalized spacial score (nSPS) is 15.5. The molecule has 0 aliphatic carbocycles. The van der Waals surface area contributed by atoms with Gasteiger partial charge in [0.25, 0.3) is 5.91 Å². The Kier molecular flexibility index (Phi) is 9.60. The number of amides is 1. The predicted molar refractivity (Wildman–Crippen MR) is 144 cm³/mol. The van der Waals surface area contributed by atoms with Crippen LogP contribution in [0.15, 0.2) is 60.0 Å². The van der Waals surface area contributed by atoms with Crippen LogP contribution in [-0.4, -0.2) is 41.5 Å². The molecule has 1 heterocycles. The van der Waals surface area contributed by atoms with Crippen molar-refractivity contribution in [2.24, 2.45) is 0 Å². The second kappa shape index (κ2) is 12.6. The highest BCUT2D eigenvalue weighted by Crippen LogP contribution is 2.35. The minimum absolute atomic E-state index is 0.109. The summed E-state index contributed by atoms with van der Waals surface area (Å²) < 4.78 is 18.1. The summed E-state index contributed by atoms with van der Waals surface area (Å²) in [7, 11) is 0. The predicted octanol–water partition coefficient (Wildman–Crippen LogP) is 6.44. The quantitative estimate of drug-likeness (QED) is 0.145. The number of nitrogens with zero attached hydrogens (tertiary/aromatic N) is 1. The minimum Gasteiger partial charge on any atom is -0.490 e. The van der Waals surface area contributed by atoms with Gasteiger partial charge in [-0.2, -0.15) is 0 Å². The minimum atomic E-state index is -0.109. The number of hydrogen-bond donors (Lipinski definition) is 0. The number of carbonyl (C=O) groups is 1. The highest BCUT2D eigenvalue weighted by atomic mass is 32.2. The van der Waals surface area contributed by atoms with Crippen molar-refractivity contribution in [1.29, 1.82) is 0 Å². The number of carbonyl (C=O) groups excluding carboxylic acids is 1. The number of ether oxygens (including phenoxy) is 3. The summed E-state index contributed by atoms with van der Waals surface area (Å²) in [6.07, 6.45) is 4.60. The van der Waals surface area contributed by atoms with Crippen LogP contribution in [0.5, 0.6) is 17.2 Å². The Morgan fingerprint density at radius 1 is 1.06 bits per heavy atom. The molecule has 2 aromatic rings. The van der Waals surface area contributed by atoms with Gasteiger partial charge < -0.3 is 14.2 Å². The Bertz CT molecular complexity index is 1050. The molecule has 1 aliphatic heterocycles. The lowest BCUT2D eigenvalue weighted by Gasteiger charge is -2.14. The molecule has 0 spiro atoms. The summed E-state index contributed by atoms with van der Waals surface area (Å²) in [4.78, 5) is 14.7. The van der Waals surface area contributed by atoms with Crippen molar-refractivity contribution in [2.45, 2.75) is 33.1 Å². The fourth-order valence-corrected chi connectivity index (χ4v) is 4.65. The summed E-state index contributed by atoms with van der Waals surface area (Å²) in [6.45, 7) is 11.7. The van der Waals surface area contributed by atoms with Gasteiger partial charge in [0.2, 0.25) is 0 Å². The molecule has 0 radical (unpaired) electrons. The summed E-state index contributed by atoms with van der Waals surface area (Å²) >= 11 is 6.60. The van der Waals surface area contributed by atoms with Gasteiger partial charge in [0.05, 0.1) is 11.5 Å². The molecule has 1 aliphatic rings. The lowest BCUT2D eigenvalue weighted by atomic mass is 9.99. The molecule has 1 atom stereocenters. The van der Waals surface area contributed by atoms with E-state index >= 15 is 0 Å². The van der Waals surface area contributed by atoms with E-state index in [1.807, 2.05) is 43.3 Å². The molecule has 1 unspecified atom stereocenters. The first kappa shape index (κ1) is 25.8. The Labute approximate surface area is 211 Å². The third-order valence-electron chi connectivity index (χ3n) is 5.42. The van der Waals surface area contributed by atoms with Crippen molar-refractivity contribution in [3.8, 4) is 17.2 Å². The molecule has 1 amide bonds. The van der Waals surface area contributed by atoms with Crippen LogP contribution in [0.25, 0.3) is 6.08 Å². The van der Waals surface area contributed by atoms with E-state index in [4.69, 9.17) is 26.4 Å². The van der Waals surface area contributed by atoms with Crippen molar-refractivity contribution in [2.75, 3.05) is 26.4 Å². The Balaban J connectivity index is 1.60. The number of thioether (sulfide) groups is 1. The Hall–Kier alpha value is -2.77. The number of benzene rings is 2. The molecule has 1 saturated heterocycles. The first-order valence-corrected chi connectivity index (χ1v) is 12.7. The van der Waals surface area contributed by atoms with Gasteiger partial charge in [-0.25, -0.2) is 0 Å². The van der Waals surface area contributed by atoms with Gasteiger partial charge in [-0.05, 0) is 60.7 Å². The first-order valence-electron chi connectivity index (χ1n) is 11.5. The zero-order valence-electron chi connectivity index (χ0n) is 19.9. The first-order chi connectivity index (χ1) is 16.5. The van der Waals surface area contributed by atoms with Crippen LogP contribution < -0.4 is 14.2 Å². The summed E-state index contributed by atoms with van der Waals surface area (Å²) in [5.74, 6) is 2.51. The molecule has 0 N–H and O–H groups in total. The Morgan fingerprint density at radius 2 is 1.79 bits per heavy atom. The third-order valence-corrected chi connectivity index (χ3v) is 6.80. The summed E-state index contributed by atoms with van der Waals surface area (Å²) in [5, 5.41) is 0. The van der Waals surface area contributed by atoms with Gasteiger partial charge in [0.1, 0.15) is 23.3 Å². The van der Waals surface area contributed by atoms with Crippen molar-refractivity contribution < 1.29 is 19.0 Å². The topological polar surface area (TPSA) is 48.0 Å². The maximum Gasteiger partial charge on any atom is 0.266 e. The average molecular weight is 498 g/mol. The van der Waals surface area contributed by atoms with Crippen molar-refractivity contribution in [3.05, 3.63) is 71.2 Å². The molecular weight excluding hydrogens is 466 g/mol. The van der Waals surface area contributed by atoms with Crippen LogP contribution in [-0.2, 0) is 4.79 Å². The van der Waals surface area contributed by atoms with Gasteiger partial charge in [-0.3, -0.25) is 9.69 Å². The van der Waals surface area contributed by atoms with Crippen LogP contribution >= 0.6 is 24.0 Å². The van der Waals surface area contributed by atoms with E-state index in [1.54, 1.807) is 6.08 Å². The second-order valence-electron chi connectivity index (χ2n) is 7.80. The molecule has 2 aromatic carbocycles. The molecule has 180 valence electrons. The lowest BCUT2D eigenvalue weighted by Crippen LogP contribution is -2.27. The maximum atomic E-state index is 12.6. The smallest absolute Gasteiger partial charge is 0.266 e. The highest BCUT2D eigenvalue weighted by molar-refractivity contribution is 8.26. The summed E-state index contributed by atoms with van der Waals surface area (Å²) in [6, 6.07) is 13.8. The van der Waals surface area contributed by atoms with Gasteiger partial charge in [0, 0.05) is 6.54 Å². The fourth-order valence-electron chi connectivity index (χ4n) is 3.38.